The summed E-state index contributed by atoms with van der Waals surface area (Å²) in [6, 6.07) is 7.75. The Morgan fingerprint density at radius 3 is 2.83 bits per heavy atom. The number of ether oxygens (including phenoxy) is 1. The number of para-hydroxylation sites is 1. The molecule has 5 aliphatic rings. The Labute approximate surface area is 249 Å². The first-order valence-corrected chi connectivity index (χ1v) is 15.4. The minimum Gasteiger partial charge on any atom is -0.464 e. The fourth-order valence-corrected chi connectivity index (χ4v) is 7.84. The molecule has 0 spiro atoms. The second-order valence-electron chi connectivity index (χ2n) is 13.6. The molecule has 3 heterocycles. The van der Waals surface area contributed by atoms with E-state index in [4.69, 9.17) is 18.5 Å². The Hall–Kier alpha value is -2.82. The molecule has 2 aliphatic heterocycles. The van der Waals surface area contributed by atoms with E-state index < -0.39 is 24.8 Å². The molecule has 42 heavy (non-hydrogen) atoms. The molecular formula is C32H44BN3O6. The van der Waals surface area contributed by atoms with E-state index >= 15 is 0 Å². The van der Waals surface area contributed by atoms with Gasteiger partial charge < -0.3 is 33.6 Å². The van der Waals surface area contributed by atoms with Gasteiger partial charge in [0.2, 0.25) is 5.91 Å². The van der Waals surface area contributed by atoms with Gasteiger partial charge in [-0.15, -0.1) is 0 Å². The number of carbonyl (C=O) groups is 2. The van der Waals surface area contributed by atoms with Gasteiger partial charge in [0, 0.05) is 24.6 Å². The Bertz CT molecular complexity index is 1340. The van der Waals surface area contributed by atoms with Crippen LogP contribution in [0, 0.1) is 17.3 Å². The number of fused-ring (bicyclic) bond motifs is 1. The summed E-state index contributed by atoms with van der Waals surface area (Å²) < 4.78 is 24.9. The van der Waals surface area contributed by atoms with Gasteiger partial charge in [-0.05, 0) is 82.0 Å². The first-order chi connectivity index (χ1) is 20.1. The third-order valence-corrected chi connectivity index (χ3v) is 10.4. The summed E-state index contributed by atoms with van der Waals surface area (Å²) in [6.45, 7) is 8.36. The maximum absolute atomic E-state index is 13.3. The smallest absolute Gasteiger partial charge is 0.464 e. The number of amides is 2. The van der Waals surface area contributed by atoms with Crippen molar-refractivity contribution >= 4 is 30.1 Å². The number of likely N-dealkylation sites (N-methyl/N-ethyl adjacent to an activating group) is 1. The van der Waals surface area contributed by atoms with E-state index in [9.17, 15) is 9.59 Å². The first-order valence-electron chi connectivity index (χ1n) is 15.4. The third-order valence-electron chi connectivity index (χ3n) is 10.4. The predicted molar refractivity (Wildman–Crippen MR) is 161 cm³/mol. The summed E-state index contributed by atoms with van der Waals surface area (Å²) >= 11 is 0. The molecule has 3 aliphatic carbocycles. The number of alkyl carbamates (subject to hydrolysis) is 1. The molecule has 2 saturated heterocycles. The zero-order chi connectivity index (χ0) is 29.6. The van der Waals surface area contributed by atoms with E-state index in [0.29, 0.717) is 31.3 Å². The molecule has 10 heteroatoms. The summed E-state index contributed by atoms with van der Waals surface area (Å²) in [5.41, 5.74) is 1.61. The quantitative estimate of drug-likeness (QED) is 0.348. The molecule has 2 amide bonds. The predicted octanol–water partition coefficient (Wildman–Crippen LogP) is 4.45. The highest BCUT2D eigenvalue weighted by Gasteiger charge is 2.68. The van der Waals surface area contributed by atoms with Gasteiger partial charge in [-0.25, -0.2) is 4.79 Å². The highest BCUT2D eigenvalue weighted by molar-refractivity contribution is 6.48. The fourth-order valence-electron chi connectivity index (χ4n) is 7.84. The number of likely N-dealkylation sites (tertiary alicyclic amines) is 1. The van der Waals surface area contributed by atoms with E-state index in [2.05, 4.69) is 26.1 Å². The average molecular weight is 578 g/mol. The number of hydrogen-bond acceptors (Lipinski definition) is 7. The molecule has 2 aromatic rings. The van der Waals surface area contributed by atoms with Crippen LogP contribution in [-0.4, -0.2) is 86.4 Å². The molecule has 2 bridgehead atoms. The molecule has 1 aromatic heterocycles. The molecule has 0 radical (unpaired) electrons. The molecule has 226 valence electrons. The zero-order valence-corrected chi connectivity index (χ0v) is 25.5. The number of carbonyl (C=O) groups excluding carboxylic acids is 2. The van der Waals surface area contributed by atoms with Crippen molar-refractivity contribution in [2.24, 2.45) is 17.3 Å². The molecule has 5 fully saturated rings. The SMILES string of the molecule is CN(C)C/C=C/C(=O)N1CCC[C@@H]1COC(=O)N[C@@H](Cc1coc2ccccc12)B1O[C@@H]2C[C@@H]3C[C@@H](C3(C)C)[C@]2(C)O1. The number of nitrogens with zero attached hydrogens (tertiary/aromatic N) is 2. The largest absolute Gasteiger partial charge is 0.482 e. The number of nitrogens with one attached hydrogen (secondary N) is 1. The highest BCUT2D eigenvalue weighted by atomic mass is 16.7. The van der Waals surface area contributed by atoms with E-state index in [1.807, 2.05) is 49.3 Å². The summed E-state index contributed by atoms with van der Waals surface area (Å²) in [5.74, 6) is 0.528. The lowest BCUT2D eigenvalue weighted by atomic mass is 9.43. The van der Waals surface area contributed by atoms with Crippen LogP contribution in [0.5, 0.6) is 0 Å². The number of benzene rings is 1. The van der Waals surface area contributed by atoms with E-state index in [0.717, 1.165) is 42.2 Å². The number of furan rings is 1. The third kappa shape index (κ3) is 5.37. The molecule has 0 unspecified atom stereocenters. The Morgan fingerprint density at radius 1 is 1.24 bits per heavy atom. The van der Waals surface area contributed by atoms with Gasteiger partial charge in [0.1, 0.15) is 12.2 Å². The van der Waals surface area contributed by atoms with Gasteiger partial charge >= 0.3 is 13.2 Å². The van der Waals surface area contributed by atoms with Crippen molar-refractivity contribution in [2.45, 2.75) is 76.6 Å². The molecule has 6 atom stereocenters. The highest BCUT2D eigenvalue weighted by Crippen LogP contribution is 2.65. The zero-order valence-electron chi connectivity index (χ0n) is 25.5. The van der Waals surface area contributed by atoms with Crippen molar-refractivity contribution in [1.29, 1.82) is 0 Å². The molecular weight excluding hydrogens is 533 g/mol. The van der Waals surface area contributed by atoms with Crippen molar-refractivity contribution in [1.82, 2.24) is 15.1 Å². The van der Waals surface area contributed by atoms with Gasteiger partial charge in [-0.3, -0.25) is 4.79 Å². The lowest BCUT2D eigenvalue weighted by Crippen LogP contribution is -2.65. The summed E-state index contributed by atoms with van der Waals surface area (Å²) in [4.78, 5) is 29.8. The van der Waals surface area contributed by atoms with Crippen LogP contribution in [0.3, 0.4) is 0 Å². The van der Waals surface area contributed by atoms with Gasteiger partial charge in [-0.1, -0.05) is 38.1 Å². The number of hydrogen-bond donors (Lipinski definition) is 1. The number of rotatable bonds is 9. The molecule has 1 aromatic carbocycles. The second-order valence-corrected chi connectivity index (χ2v) is 13.6. The monoisotopic (exact) mass is 577 g/mol. The Balaban J connectivity index is 1.14. The van der Waals surface area contributed by atoms with Crippen molar-refractivity contribution in [3.05, 3.63) is 48.2 Å². The molecule has 3 saturated carbocycles. The summed E-state index contributed by atoms with van der Waals surface area (Å²) in [7, 11) is 3.31. The lowest BCUT2D eigenvalue weighted by molar-refractivity contribution is -0.199. The molecule has 1 N–H and O–H groups in total. The van der Waals surface area contributed by atoms with Crippen LogP contribution in [0.1, 0.15) is 52.0 Å². The van der Waals surface area contributed by atoms with Gasteiger partial charge in [0.25, 0.3) is 0 Å². The van der Waals surface area contributed by atoms with Crippen molar-refractivity contribution in [2.75, 3.05) is 33.8 Å². The minimum absolute atomic E-state index is 0.000649. The van der Waals surface area contributed by atoms with Gasteiger partial charge in [-0.2, -0.15) is 0 Å². The van der Waals surface area contributed by atoms with E-state index in [1.165, 1.54) is 0 Å². The Morgan fingerprint density at radius 2 is 2.05 bits per heavy atom. The van der Waals surface area contributed by atoms with Crippen LogP contribution < -0.4 is 5.32 Å². The van der Waals surface area contributed by atoms with Crippen molar-refractivity contribution in [3.63, 3.8) is 0 Å². The van der Waals surface area contributed by atoms with E-state index in [-0.39, 0.29) is 30.1 Å². The van der Waals surface area contributed by atoms with Crippen LogP contribution >= 0.6 is 0 Å². The van der Waals surface area contributed by atoms with Crippen LogP contribution in [0.2, 0.25) is 0 Å². The average Bonchev–Trinajstić information content (AvgIpc) is 3.67. The normalized spacial score (nSPS) is 30.5. The summed E-state index contributed by atoms with van der Waals surface area (Å²) in [6.07, 6.45) is 8.98. The van der Waals surface area contributed by atoms with Crippen LogP contribution in [0.25, 0.3) is 11.0 Å². The van der Waals surface area contributed by atoms with Crippen molar-refractivity contribution in [3.8, 4) is 0 Å². The Kier molecular flexibility index (Phi) is 7.91. The standard InChI is InChI=1S/C32H44BN3O6/c1-31(2)22-17-26(31)32(3)27(18-22)41-33(42-32)28(16-21-19-39-25-12-7-6-11-24(21)25)34-30(38)40-20-23-10-8-15-36(23)29(37)13-9-14-35(4)5/h6-7,9,11-13,19,22-23,26-28H,8,10,14-18,20H2,1-5H3,(H,34,38)/b13-9+/t22-,23+,26-,27+,28-,32-/m0/s1. The minimum atomic E-state index is -0.609. The van der Waals surface area contributed by atoms with Crippen molar-refractivity contribution < 1.29 is 28.1 Å². The maximum Gasteiger partial charge on any atom is 0.482 e. The fraction of sp³-hybridized carbons (Fsp3) is 0.625. The first kappa shape index (κ1) is 29.3. The molecule has 9 nitrogen and oxygen atoms in total. The van der Waals surface area contributed by atoms with Gasteiger partial charge in [0.05, 0.1) is 30.0 Å². The van der Waals surface area contributed by atoms with Gasteiger partial charge in [0.15, 0.2) is 0 Å². The maximum atomic E-state index is 13.3. The molecule has 7 rings (SSSR count). The lowest BCUT2D eigenvalue weighted by Gasteiger charge is -2.64. The van der Waals surface area contributed by atoms with Crippen LogP contribution in [-0.2, 0) is 25.3 Å². The second kappa shape index (κ2) is 11.4. The van der Waals surface area contributed by atoms with Crippen LogP contribution in [0.15, 0.2) is 47.1 Å². The van der Waals surface area contributed by atoms with E-state index in [1.54, 1.807) is 17.2 Å². The van der Waals surface area contributed by atoms with Crippen LogP contribution in [0.4, 0.5) is 4.79 Å². The topological polar surface area (TPSA) is 93.5 Å². The summed E-state index contributed by atoms with van der Waals surface area (Å²) in [5, 5.41) is 4.08.